The van der Waals surface area contributed by atoms with Gasteiger partial charge in [-0.15, -0.1) is 0 Å². The lowest BCUT2D eigenvalue weighted by molar-refractivity contribution is 0.447. The van der Waals surface area contributed by atoms with Crippen molar-refractivity contribution in [3.63, 3.8) is 0 Å². The second-order valence-corrected chi connectivity index (χ2v) is 25.2. The molecule has 0 saturated heterocycles. The highest BCUT2D eigenvalue weighted by Crippen LogP contribution is 2.66. The highest BCUT2D eigenvalue weighted by atomic mass is 16.5. The Bertz CT molecular complexity index is 5430. The Labute approximate surface area is 528 Å². The van der Waals surface area contributed by atoms with Crippen LogP contribution in [0.2, 0.25) is 0 Å². The first-order valence-corrected chi connectivity index (χ1v) is 31.8. The summed E-state index contributed by atoms with van der Waals surface area (Å²) in [4.78, 5) is 2.53. The van der Waals surface area contributed by atoms with Gasteiger partial charge in [0.25, 0.3) is 0 Å². The number of hydrogen-bond donors (Lipinski definition) is 0. The van der Waals surface area contributed by atoms with Crippen LogP contribution in [0.25, 0.3) is 77.2 Å². The molecule has 0 N–H and O–H groups in total. The van der Waals surface area contributed by atoms with E-state index >= 15 is 0 Å². The van der Waals surface area contributed by atoms with Crippen molar-refractivity contribution in [3.05, 3.63) is 400 Å². The molecule has 0 atom stereocenters. The summed E-state index contributed by atoms with van der Waals surface area (Å²) >= 11 is 0. The molecular weight excluding hydrogens is 1100 g/mol. The maximum Gasteiger partial charge on any atom is 0.140 e. The molecule has 0 unspecified atom stereocenters. The SMILES string of the molecule is c1ccc(C2(c3ccccc3)c3ccccc3-c3ccc(N(c4cccc(-c5ccc6c(c5)C5(c7ccccc7-6)c6ccc7ccccc7c6Oc6c5ccc5ccccc65)c4)c4ccc5c(c4)-c4ccccc4C54c5ccccc5-c5ccccc54)cc32)cc1. The van der Waals surface area contributed by atoms with E-state index in [1.54, 1.807) is 0 Å². The van der Waals surface area contributed by atoms with Crippen molar-refractivity contribution in [1.29, 1.82) is 0 Å². The van der Waals surface area contributed by atoms with Crippen LogP contribution < -0.4 is 9.64 Å². The summed E-state index contributed by atoms with van der Waals surface area (Å²) in [5, 5.41) is 4.52. The van der Waals surface area contributed by atoms with Gasteiger partial charge >= 0.3 is 0 Å². The van der Waals surface area contributed by atoms with Gasteiger partial charge in [0.1, 0.15) is 11.5 Å². The standard InChI is InChI=1S/C89H55NO/c1-3-25-60(26-4-1)87(61-27-5-2-6-28-61)75-37-16-11-34-69(75)73-48-45-64(55-84(73)87)90(63-46-51-80-74(54-63)71-36-15-20-41-79(71)88(80)76-38-17-12-32-67(76)68-33-13-18-39-77(68)88)62-29-21-24-58(52-62)59-42-47-72-70-35-14-19-40-78(70)89(83(72)53-59)81-49-43-56-22-7-9-30-65(56)85(81)91-86-66-31-10-8-23-57(66)44-50-82(86)89/h1-55H. The average Bonchev–Trinajstić information content (AvgIpc) is 1.58. The predicted molar refractivity (Wildman–Crippen MR) is 373 cm³/mol. The van der Waals surface area contributed by atoms with Gasteiger partial charge in [0.05, 0.1) is 16.2 Å². The molecule has 2 heteroatoms. The van der Waals surface area contributed by atoms with Gasteiger partial charge in [-0.3, -0.25) is 0 Å². The maximum absolute atomic E-state index is 7.37. The van der Waals surface area contributed by atoms with E-state index in [4.69, 9.17) is 4.74 Å². The van der Waals surface area contributed by atoms with E-state index in [0.29, 0.717) is 0 Å². The van der Waals surface area contributed by atoms with E-state index in [-0.39, 0.29) is 0 Å². The third-order valence-electron chi connectivity index (χ3n) is 21.2. The van der Waals surface area contributed by atoms with Gasteiger partial charge in [-0.1, -0.05) is 291 Å². The maximum atomic E-state index is 7.37. The number of fused-ring (bicyclic) bond motifs is 26. The van der Waals surface area contributed by atoms with E-state index < -0.39 is 16.2 Å². The van der Waals surface area contributed by atoms with Crippen molar-refractivity contribution >= 4 is 38.6 Å². The third-order valence-corrected chi connectivity index (χ3v) is 21.2. The number of anilines is 3. The fourth-order valence-electron chi connectivity index (χ4n) is 17.7. The quantitative estimate of drug-likeness (QED) is 0.165. The Morgan fingerprint density at radius 1 is 0.209 bits per heavy atom. The predicted octanol–water partition coefficient (Wildman–Crippen LogP) is 22.3. The normalized spacial score (nSPS) is 14.5. The van der Waals surface area contributed by atoms with Gasteiger partial charge in [0.15, 0.2) is 0 Å². The van der Waals surface area contributed by atoms with Crippen molar-refractivity contribution in [2.24, 2.45) is 0 Å². The molecule has 15 aromatic rings. The topological polar surface area (TPSA) is 12.5 Å². The summed E-state index contributed by atoms with van der Waals surface area (Å²) in [5.41, 5.74) is 29.0. The van der Waals surface area contributed by atoms with Gasteiger partial charge in [-0.25, -0.2) is 0 Å². The molecular formula is C89H55NO. The second-order valence-electron chi connectivity index (χ2n) is 25.2. The van der Waals surface area contributed by atoms with Crippen LogP contribution in [0, 0.1) is 0 Å². The highest BCUT2D eigenvalue weighted by Gasteiger charge is 2.54. The third kappa shape index (κ3) is 6.55. The van der Waals surface area contributed by atoms with Gasteiger partial charge in [-0.2, -0.15) is 0 Å². The minimum Gasteiger partial charge on any atom is -0.455 e. The van der Waals surface area contributed by atoms with Crippen LogP contribution >= 0.6 is 0 Å². The zero-order chi connectivity index (χ0) is 59.6. The molecule has 5 aliphatic rings. The van der Waals surface area contributed by atoms with E-state index in [1.165, 1.54) is 100 Å². The van der Waals surface area contributed by atoms with Gasteiger partial charge in [0.2, 0.25) is 0 Å². The van der Waals surface area contributed by atoms with Crippen LogP contribution in [0.4, 0.5) is 17.1 Å². The van der Waals surface area contributed by atoms with Crippen LogP contribution in [-0.2, 0) is 16.2 Å². The Morgan fingerprint density at radius 2 is 0.582 bits per heavy atom. The van der Waals surface area contributed by atoms with Crippen LogP contribution in [0.5, 0.6) is 11.5 Å². The number of rotatable bonds is 6. The Balaban J connectivity index is 0.825. The molecule has 0 aromatic heterocycles. The van der Waals surface area contributed by atoms with Crippen molar-refractivity contribution < 1.29 is 4.74 Å². The van der Waals surface area contributed by atoms with Crippen LogP contribution in [0.1, 0.15) is 66.8 Å². The van der Waals surface area contributed by atoms with Crippen molar-refractivity contribution in [2.45, 2.75) is 16.2 Å². The minimum absolute atomic E-state index is 0.469. The molecule has 0 radical (unpaired) electrons. The number of nitrogens with zero attached hydrogens (tertiary/aromatic N) is 1. The molecule has 1 aliphatic heterocycles. The van der Waals surface area contributed by atoms with Crippen LogP contribution in [0.3, 0.4) is 0 Å². The Hall–Kier alpha value is -11.6. The zero-order valence-electron chi connectivity index (χ0n) is 49.6. The first kappa shape index (κ1) is 50.4. The van der Waals surface area contributed by atoms with E-state index in [2.05, 4.69) is 339 Å². The molecule has 91 heavy (non-hydrogen) atoms. The minimum atomic E-state index is -0.688. The summed E-state index contributed by atoms with van der Waals surface area (Å²) in [7, 11) is 0. The zero-order valence-corrected chi connectivity index (χ0v) is 49.6. The molecule has 0 saturated carbocycles. The van der Waals surface area contributed by atoms with Crippen molar-refractivity contribution in [3.8, 4) is 67.1 Å². The van der Waals surface area contributed by atoms with Gasteiger partial charge < -0.3 is 9.64 Å². The molecule has 0 amide bonds. The second kappa shape index (κ2) is 18.7. The van der Waals surface area contributed by atoms with Crippen molar-refractivity contribution in [1.82, 2.24) is 0 Å². The smallest absolute Gasteiger partial charge is 0.140 e. The van der Waals surface area contributed by atoms with Crippen molar-refractivity contribution in [2.75, 3.05) is 4.90 Å². The van der Waals surface area contributed by atoms with Crippen LogP contribution in [0.15, 0.2) is 334 Å². The Kier molecular flexibility index (Phi) is 10.4. The summed E-state index contributed by atoms with van der Waals surface area (Å²) in [6.07, 6.45) is 0. The lowest BCUT2D eigenvalue weighted by Gasteiger charge is -2.40. The number of hydrogen-bond acceptors (Lipinski definition) is 2. The van der Waals surface area contributed by atoms with E-state index in [1.807, 2.05) is 0 Å². The lowest BCUT2D eigenvalue weighted by atomic mass is 9.65. The van der Waals surface area contributed by atoms with Gasteiger partial charge in [0, 0.05) is 39.0 Å². The molecule has 4 aliphatic carbocycles. The molecule has 15 aromatic carbocycles. The number of ether oxygens (including phenoxy) is 1. The molecule has 20 rings (SSSR count). The Morgan fingerprint density at radius 3 is 1.13 bits per heavy atom. The summed E-state index contributed by atoms with van der Waals surface area (Å²) in [6, 6.07) is 126. The molecule has 0 bridgehead atoms. The number of benzene rings is 15. The van der Waals surface area contributed by atoms with Crippen LogP contribution in [-0.4, -0.2) is 0 Å². The molecule has 1 heterocycles. The first-order valence-electron chi connectivity index (χ1n) is 31.8. The molecule has 0 fully saturated rings. The van der Waals surface area contributed by atoms with E-state index in [9.17, 15) is 0 Å². The summed E-state index contributed by atoms with van der Waals surface area (Å²) < 4.78 is 7.37. The monoisotopic (exact) mass is 1150 g/mol. The summed E-state index contributed by atoms with van der Waals surface area (Å²) in [6.45, 7) is 0. The largest absolute Gasteiger partial charge is 0.455 e. The molecule has 2 spiro atoms. The molecule has 422 valence electrons. The molecule has 2 nitrogen and oxygen atoms in total. The highest BCUT2D eigenvalue weighted by molar-refractivity contribution is 6.02. The average molecular weight is 1150 g/mol. The van der Waals surface area contributed by atoms with Gasteiger partial charge in [-0.05, 0) is 165 Å². The first-order chi connectivity index (χ1) is 45.1. The van der Waals surface area contributed by atoms with E-state index in [0.717, 1.165) is 72.4 Å². The fourth-order valence-corrected chi connectivity index (χ4v) is 17.7. The fraction of sp³-hybridized carbons (Fsp3) is 0.0337. The summed E-state index contributed by atoms with van der Waals surface area (Å²) in [5.74, 6) is 1.83. The lowest BCUT2D eigenvalue weighted by Crippen LogP contribution is -2.32.